The second-order valence-electron chi connectivity index (χ2n) is 15.8. The first kappa shape index (κ1) is 44.9. The molecule has 2 fully saturated rings. The van der Waals surface area contributed by atoms with Crippen molar-refractivity contribution < 1.29 is 61.8 Å². The van der Waals surface area contributed by atoms with Gasteiger partial charge in [-0.3, -0.25) is 19.3 Å². The van der Waals surface area contributed by atoms with E-state index in [9.17, 15) is 19.5 Å². The van der Waals surface area contributed by atoms with Crippen molar-refractivity contribution in [2.75, 3.05) is 13.2 Å². The molecule has 3 heterocycles. The monoisotopic (exact) mass is 875 g/mol. The van der Waals surface area contributed by atoms with E-state index in [2.05, 4.69) is 0 Å². The zero-order valence-corrected chi connectivity index (χ0v) is 35.1. The van der Waals surface area contributed by atoms with E-state index in [-0.39, 0.29) is 50.8 Å². The number of halogens is 1. The minimum absolute atomic E-state index is 0.0483. The predicted molar refractivity (Wildman–Crippen MR) is 228 cm³/mol. The number of hydrogen-bond acceptors (Lipinski definition) is 12. The Morgan fingerprint density at radius 3 is 1.50 bits per heavy atom. The molecule has 13 nitrogen and oxygen atoms in total. The third kappa shape index (κ3) is 10.6. The van der Waals surface area contributed by atoms with Crippen molar-refractivity contribution in [1.29, 1.82) is 0 Å². The average Bonchev–Trinajstić information content (AvgIpc) is 3.56. The number of nitrogens with zero attached hydrogens (tertiary/aromatic N) is 1. The van der Waals surface area contributed by atoms with Gasteiger partial charge >= 0.3 is 5.97 Å². The molecule has 5 aromatic rings. The quantitative estimate of drug-likeness (QED) is 0.0773. The molecule has 0 aliphatic carbocycles. The molecule has 1 unspecified atom stereocenters. The molecule has 0 aromatic heterocycles. The van der Waals surface area contributed by atoms with Crippen molar-refractivity contribution in [2.24, 2.45) is 0 Å². The van der Waals surface area contributed by atoms with Gasteiger partial charge in [0.1, 0.15) is 36.6 Å². The van der Waals surface area contributed by atoms with Gasteiger partial charge < -0.3 is 43.0 Å². The number of benzene rings is 5. The summed E-state index contributed by atoms with van der Waals surface area (Å²) in [5, 5.41) is 11.9. The van der Waals surface area contributed by atoms with Crippen molar-refractivity contribution in [3.05, 3.63) is 179 Å². The molecule has 8 rings (SSSR count). The van der Waals surface area contributed by atoms with Crippen LogP contribution < -0.4 is 0 Å². The van der Waals surface area contributed by atoms with Gasteiger partial charge in [0.05, 0.1) is 50.8 Å². The normalized spacial score (nSPS) is 26.7. The molecule has 0 saturated carbocycles. The van der Waals surface area contributed by atoms with Crippen molar-refractivity contribution in [1.82, 2.24) is 4.90 Å². The topological polar surface area (TPSA) is 149 Å². The van der Waals surface area contributed by atoms with Crippen LogP contribution in [-0.4, -0.2) is 102 Å². The molecule has 0 bridgehead atoms. The van der Waals surface area contributed by atoms with Crippen LogP contribution in [0.4, 0.5) is 4.39 Å². The lowest BCUT2D eigenvalue weighted by Crippen LogP contribution is -2.68. The van der Waals surface area contributed by atoms with Crippen LogP contribution in [0.1, 0.15) is 49.9 Å². The van der Waals surface area contributed by atoms with Crippen LogP contribution in [0, 0.1) is 0 Å². The zero-order chi connectivity index (χ0) is 44.4. The highest BCUT2D eigenvalue weighted by Gasteiger charge is 2.57. The standard InChI is InChI=1S/C50H50FNO12/c1-32(53)61-46-44(59-28-35-20-10-4-11-21-35)41(51)39(30-57-26-33-16-6-2-7-17-33)63-50(46)64-43-40(31-58-27-34-18-8-3-9-19-34)62-49(56)42(45(43)60-29-36-22-12-5-13-23-36)52-47(54)37-24-14-15-25-38(37)48(52)55/h2-25,39-46,49-50,56H,26-31H2,1H3/t39-,40-,41+,42-,43-,44+,45-,46-,49?,50+/m1/s1. The van der Waals surface area contributed by atoms with Gasteiger partial charge in [0, 0.05) is 6.92 Å². The summed E-state index contributed by atoms with van der Waals surface area (Å²) in [5.41, 5.74) is 3.46. The van der Waals surface area contributed by atoms with Gasteiger partial charge in [-0.05, 0) is 34.4 Å². The van der Waals surface area contributed by atoms with Gasteiger partial charge in [-0.2, -0.15) is 0 Å². The summed E-state index contributed by atoms with van der Waals surface area (Å²) in [4.78, 5) is 42.1. The Bertz CT molecular complexity index is 2250. The minimum Gasteiger partial charge on any atom is -0.454 e. The number of aliphatic hydroxyl groups excluding tert-OH is 1. The molecule has 64 heavy (non-hydrogen) atoms. The smallest absolute Gasteiger partial charge is 0.303 e. The maximum absolute atomic E-state index is 17.0. The van der Waals surface area contributed by atoms with E-state index in [1.54, 1.807) is 12.1 Å². The Morgan fingerprint density at radius 2 is 1.02 bits per heavy atom. The number of alkyl halides is 1. The van der Waals surface area contributed by atoms with Crippen LogP contribution in [0.3, 0.4) is 0 Å². The Labute approximate surface area is 370 Å². The molecule has 5 aromatic carbocycles. The van der Waals surface area contributed by atoms with E-state index >= 15 is 4.39 Å². The van der Waals surface area contributed by atoms with Gasteiger partial charge in [0.25, 0.3) is 11.8 Å². The van der Waals surface area contributed by atoms with Gasteiger partial charge in [-0.25, -0.2) is 4.39 Å². The second kappa shape index (κ2) is 21.3. The number of rotatable bonds is 18. The summed E-state index contributed by atoms with van der Waals surface area (Å²) in [7, 11) is 0. The summed E-state index contributed by atoms with van der Waals surface area (Å²) < 4.78 is 67.5. The lowest BCUT2D eigenvalue weighted by molar-refractivity contribution is -0.353. The molecular weight excluding hydrogens is 826 g/mol. The molecule has 2 amide bonds. The number of hydrogen-bond donors (Lipinski definition) is 1. The third-order valence-corrected chi connectivity index (χ3v) is 11.3. The van der Waals surface area contributed by atoms with Crippen LogP contribution >= 0.6 is 0 Å². The summed E-state index contributed by atoms with van der Waals surface area (Å²) in [6, 6.07) is 41.9. The molecule has 0 radical (unpaired) electrons. The van der Waals surface area contributed by atoms with E-state index in [1.165, 1.54) is 19.1 Å². The van der Waals surface area contributed by atoms with Gasteiger partial charge in [0.2, 0.25) is 0 Å². The number of carbonyl (C=O) groups is 3. The molecule has 3 aliphatic rings. The Kier molecular flexibility index (Phi) is 15.0. The SMILES string of the molecule is CC(=O)O[C@H]1[C@H](O[C@H]2[C@H](OCc3ccccc3)[C@@H](N3C(=O)c4ccccc4C3=O)C(O)O[C@@H]2COCc2ccccc2)O[C@H](COCc2ccccc2)[C@H](F)[C@@H]1OCc1ccccc1. The number of ether oxygens (including phenoxy) is 8. The highest BCUT2D eigenvalue weighted by Crippen LogP contribution is 2.38. The van der Waals surface area contributed by atoms with E-state index in [4.69, 9.17) is 37.9 Å². The number of aliphatic hydroxyl groups is 1. The molecule has 2 saturated heterocycles. The molecule has 14 heteroatoms. The summed E-state index contributed by atoms with van der Waals surface area (Å²) in [6.07, 6.45) is -13.3. The fraction of sp³-hybridized carbons (Fsp3) is 0.340. The Hall–Kier alpha value is -5.68. The first-order valence-electron chi connectivity index (χ1n) is 21.2. The number of imide groups is 1. The first-order valence-corrected chi connectivity index (χ1v) is 21.2. The molecule has 1 N–H and O–H groups in total. The summed E-state index contributed by atoms with van der Waals surface area (Å²) in [5.74, 6) is -2.10. The second-order valence-corrected chi connectivity index (χ2v) is 15.8. The molecule has 10 atom stereocenters. The fourth-order valence-corrected chi connectivity index (χ4v) is 8.19. The first-order chi connectivity index (χ1) is 31.2. The zero-order valence-electron chi connectivity index (χ0n) is 35.1. The van der Waals surface area contributed by atoms with E-state index in [1.807, 2.05) is 121 Å². The fourth-order valence-electron chi connectivity index (χ4n) is 8.19. The summed E-state index contributed by atoms with van der Waals surface area (Å²) in [6.45, 7) is 0.934. The summed E-state index contributed by atoms with van der Waals surface area (Å²) >= 11 is 0. The van der Waals surface area contributed by atoms with Crippen molar-refractivity contribution in [3.63, 3.8) is 0 Å². The third-order valence-electron chi connectivity index (χ3n) is 11.3. The maximum Gasteiger partial charge on any atom is 0.303 e. The number of esters is 1. The van der Waals surface area contributed by atoms with Crippen molar-refractivity contribution in [3.8, 4) is 0 Å². The van der Waals surface area contributed by atoms with Crippen LogP contribution in [0.15, 0.2) is 146 Å². The van der Waals surface area contributed by atoms with Crippen LogP contribution in [0.25, 0.3) is 0 Å². The molecule has 0 spiro atoms. The molecular formula is C50H50FNO12. The predicted octanol–water partition coefficient (Wildman–Crippen LogP) is 6.35. The van der Waals surface area contributed by atoms with Gasteiger partial charge in [-0.15, -0.1) is 0 Å². The van der Waals surface area contributed by atoms with Gasteiger partial charge in [0.15, 0.2) is 24.9 Å². The number of carbonyl (C=O) groups excluding carboxylic acids is 3. The lowest BCUT2D eigenvalue weighted by atomic mass is 9.94. The minimum atomic E-state index is -1.88. The van der Waals surface area contributed by atoms with Crippen molar-refractivity contribution >= 4 is 17.8 Å². The van der Waals surface area contributed by atoms with Crippen LogP contribution in [0.5, 0.6) is 0 Å². The van der Waals surface area contributed by atoms with Crippen LogP contribution in [-0.2, 0) is 69.1 Å². The number of amides is 2. The van der Waals surface area contributed by atoms with E-state index < -0.39 is 79.2 Å². The number of fused-ring (bicyclic) bond motifs is 1. The highest BCUT2D eigenvalue weighted by molar-refractivity contribution is 6.21. The Morgan fingerprint density at radius 1 is 0.578 bits per heavy atom. The largest absolute Gasteiger partial charge is 0.454 e. The maximum atomic E-state index is 17.0. The van der Waals surface area contributed by atoms with Crippen LogP contribution in [0.2, 0.25) is 0 Å². The Balaban J connectivity index is 1.16. The highest BCUT2D eigenvalue weighted by atomic mass is 19.1. The lowest BCUT2D eigenvalue weighted by Gasteiger charge is -2.49. The van der Waals surface area contributed by atoms with E-state index in [0.717, 1.165) is 27.2 Å². The average molecular weight is 876 g/mol. The van der Waals surface area contributed by atoms with Crippen molar-refractivity contribution in [2.45, 2.75) is 94.8 Å². The molecule has 3 aliphatic heterocycles. The molecule has 334 valence electrons. The van der Waals surface area contributed by atoms with Gasteiger partial charge in [-0.1, -0.05) is 133 Å². The van der Waals surface area contributed by atoms with E-state index in [0.29, 0.717) is 0 Å².